The van der Waals surface area contributed by atoms with Crippen molar-refractivity contribution >= 4 is 5.91 Å². The average Bonchev–Trinajstić information content (AvgIpc) is 3.41. The van der Waals surface area contributed by atoms with E-state index in [9.17, 15) is 4.79 Å². The summed E-state index contributed by atoms with van der Waals surface area (Å²) in [5.74, 6) is 0.725. The molecule has 2 saturated heterocycles. The smallest absolute Gasteiger partial charge is 0.276 e. The first-order valence-electron chi connectivity index (χ1n) is 9.70. The second-order valence-electron chi connectivity index (χ2n) is 7.35. The second-order valence-corrected chi connectivity index (χ2v) is 7.35. The van der Waals surface area contributed by atoms with E-state index < -0.39 is 0 Å². The first-order valence-corrected chi connectivity index (χ1v) is 9.70. The van der Waals surface area contributed by atoms with Crippen LogP contribution in [-0.4, -0.2) is 75.1 Å². The first kappa shape index (κ1) is 18.1. The van der Waals surface area contributed by atoms with Gasteiger partial charge in [-0.25, -0.2) is 0 Å². The third-order valence-corrected chi connectivity index (χ3v) is 5.55. The van der Waals surface area contributed by atoms with Crippen LogP contribution in [0.25, 0.3) is 0 Å². The summed E-state index contributed by atoms with van der Waals surface area (Å²) in [5.41, 5.74) is 2.30. The van der Waals surface area contributed by atoms with Gasteiger partial charge in [0, 0.05) is 44.8 Å². The van der Waals surface area contributed by atoms with E-state index in [0.29, 0.717) is 5.69 Å². The van der Waals surface area contributed by atoms with Gasteiger partial charge in [-0.05, 0) is 26.7 Å². The summed E-state index contributed by atoms with van der Waals surface area (Å²) in [5, 5.41) is 15.7. The van der Waals surface area contributed by atoms with Crippen molar-refractivity contribution in [1.82, 2.24) is 35.3 Å². The van der Waals surface area contributed by atoms with Gasteiger partial charge in [0.1, 0.15) is 5.76 Å². The molecule has 0 bridgehead atoms. The Morgan fingerprint density at radius 2 is 2.07 bits per heavy atom. The van der Waals surface area contributed by atoms with Crippen molar-refractivity contribution in [1.29, 1.82) is 0 Å². The summed E-state index contributed by atoms with van der Waals surface area (Å²) in [6.07, 6.45) is 3.66. The molecule has 2 aliphatic heterocycles. The Morgan fingerprint density at radius 1 is 1.26 bits per heavy atom. The normalized spacial score (nSPS) is 21.1. The van der Waals surface area contributed by atoms with Gasteiger partial charge in [0.25, 0.3) is 5.91 Å². The molecule has 4 heterocycles. The molecule has 9 heteroatoms. The Bertz CT molecular complexity index is 774. The van der Waals surface area contributed by atoms with Gasteiger partial charge < -0.3 is 14.7 Å². The average molecular weight is 373 g/mol. The Hall–Kier alpha value is -2.26. The number of aryl methyl sites for hydroxylation is 2. The lowest BCUT2D eigenvalue weighted by Gasteiger charge is -2.26. The molecule has 27 heavy (non-hydrogen) atoms. The lowest BCUT2D eigenvalue weighted by Crippen LogP contribution is -2.44. The highest BCUT2D eigenvalue weighted by atomic mass is 16.5. The van der Waals surface area contributed by atoms with Crippen LogP contribution in [0.15, 0.2) is 10.7 Å². The van der Waals surface area contributed by atoms with Crippen molar-refractivity contribution in [3.05, 3.63) is 28.9 Å². The van der Waals surface area contributed by atoms with Crippen molar-refractivity contribution in [2.75, 3.05) is 39.3 Å². The highest BCUT2D eigenvalue weighted by Gasteiger charge is 2.35. The molecule has 2 aromatic heterocycles. The maximum atomic E-state index is 13.0. The SMILES string of the molecule is Cc1noc(C)c1C1CCCN1C(=O)c1cn(CCN2CCNCC2)nn1. The van der Waals surface area contributed by atoms with Gasteiger partial charge in [-0.2, -0.15) is 0 Å². The van der Waals surface area contributed by atoms with E-state index in [4.69, 9.17) is 4.52 Å². The minimum atomic E-state index is -0.0640. The van der Waals surface area contributed by atoms with Crippen LogP contribution in [0.1, 0.15) is 46.4 Å². The fraction of sp³-hybridized carbons (Fsp3) is 0.667. The lowest BCUT2D eigenvalue weighted by atomic mass is 10.0. The molecule has 0 radical (unpaired) electrons. The second kappa shape index (κ2) is 7.77. The third-order valence-electron chi connectivity index (χ3n) is 5.55. The van der Waals surface area contributed by atoms with Crippen LogP contribution in [0, 0.1) is 13.8 Å². The summed E-state index contributed by atoms with van der Waals surface area (Å²) in [6.45, 7) is 10.4. The van der Waals surface area contributed by atoms with Crippen molar-refractivity contribution in [2.24, 2.45) is 0 Å². The summed E-state index contributed by atoms with van der Waals surface area (Å²) in [7, 11) is 0. The van der Waals surface area contributed by atoms with Crippen LogP contribution >= 0.6 is 0 Å². The molecule has 1 unspecified atom stereocenters. The molecule has 0 aromatic carbocycles. The van der Waals surface area contributed by atoms with E-state index in [1.54, 1.807) is 10.9 Å². The van der Waals surface area contributed by atoms with Crippen LogP contribution in [0.4, 0.5) is 0 Å². The Balaban J connectivity index is 1.42. The number of nitrogens with one attached hydrogen (secondary N) is 1. The van der Waals surface area contributed by atoms with Gasteiger partial charge in [0.05, 0.1) is 24.5 Å². The topological polar surface area (TPSA) is 92.3 Å². The van der Waals surface area contributed by atoms with Crippen LogP contribution in [0.2, 0.25) is 0 Å². The fourth-order valence-electron chi connectivity index (χ4n) is 4.11. The van der Waals surface area contributed by atoms with E-state index in [0.717, 1.165) is 75.7 Å². The van der Waals surface area contributed by atoms with Crippen LogP contribution in [0.5, 0.6) is 0 Å². The van der Waals surface area contributed by atoms with Gasteiger partial charge in [0.2, 0.25) is 0 Å². The molecular weight excluding hydrogens is 346 g/mol. The largest absolute Gasteiger partial charge is 0.361 e. The van der Waals surface area contributed by atoms with E-state index in [1.807, 2.05) is 18.7 Å². The summed E-state index contributed by atoms with van der Waals surface area (Å²) in [6, 6.07) is 0.00903. The summed E-state index contributed by atoms with van der Waals surface area (Å²) >= 11 is 0. The molecule has 9 nitrogen and oxygen atoms in total. The zero-order valence-electron chi connectivity index (χ0n) is 16.0. The molecule has 1 atom stereocenters. The fourth-order valence-corrected chi connectivity index (χ4v) is 4.11. The minimum absolute atomic E-state index is 0.00903. The molecule has 0 saturated carbocycles. The molecule has 146 valence electrons. The maximum Gasteiger partial charge on any atom is 0.276 e. The number of hydrogen-bond acceptors (Lipinski definition) is 7. The van der Waals surface area contributed by atoms with Gasteiger partial charge in [0.15, 0.2) is 5.69 Å². The summed E-state index contributed by atoms with van der Waals surface area (Å²) in [4.78, 5) is 17.3. The number of rotatable bonds is 5. The van der Waals surface area contributed by atoms with Crippen molar-refractivity contribution in [3.63, 3.8) is 0 Å². The van der Waals surface area contributed by atoms with Crippen LogP contribution in [0.3, 0.4) is 0 Å². The molecule has 4 rings (SSSR count). The van der Waals surface area contributed by atoms with E-state index in [2.05, 4.69) is 25.7 Å². The van der Waals surface area contributed by atoms with Gasteiger partial charge in [-0.3, -0.25) is 14.4 Å². The quantitative estimate of drug-likeness (QED) is 0.827. The van der Waals surface area contributed by atoms with Crippen molar-refractivity contribution in [3.8, 4) is 0 Å². The standard InChI is InChI=1S/C18H27N7O2/c1-13-17(14(2)27-21-13)16-4-3-7-25(16)18(26)15-12-24(22-20-15)11-10-23-8-5-19-6-9-23/h12,16,19H,3-11H2,1-2H3. The van der Waals surface area contributed by atoms with Gasteiger partial charge in [-0.15, -0.1) is 5.10 Å². The number of piperazine rings is 1. The number of nitrogens with zero attached hydrogens (tertiary/aromatic N) is 6. The zero-order chi connectivity index (χ0) is 18.8. The predicted molar refractivity (Wildman–Crippen MR) is 98.3 cm³/mol. The Kier molecular flexibility index (Phi) is 5.22. The lowest BCUT2D eigenvalue weighted by molar-refractivity contribution is 0.0728. The van der Waals surface area contributed by atoms with E-state index >= 15 is 0 Å². The predicted octanol–water partition coefficient (Wildman–Crippen LogP) is 0.765. The van der Waals surface area contributed by atoms with E-state index in [-0.39, 0.29) is 11.9 Å². The molecular formula is C18H27N7O2. The van der Waals surface area contributed by atoms with Gasteiger partial charge >= 0.3 is 0 Å². The number of amides is 1. The highest BCUT2D eigenvalue weighted by Crippen LogP contribution is 2.36. The number of likely N-dealkylation sites (tertiary alicyclic amines) is 1. The summed E-state index contributed by atoms with van der Waals surface area (Å²) < 4.78 is 7.08. The van der Waals surface area contributed by atoms with E-state index in [1.165, 1.54) is 0 Å². The molecule has 1 N–H and O–H groups in total. The number of aromatic nitrogens is 4. The monoisotopic (exact) mass is 373 g/mol. The number of carbonyl (C=O) groups is 1. The molecule has 2 aliphatic rings. The molecule has 2 fully saturated rings. The molecule has 0 spiro atoms. The molecule has 0 aliphatic carbocycles. The molecule has 2 aromatic rings. The minimum Gasteiger partial charge on any atom is -0.361 e. The maximum absolute atomic E-state index is 13.0. The number of carbonyl (C=O) groups excluding carboxylic acids is 1. The highest BCUT2D eigenvalue weighted by molar-refractivity contribution is 5.92. The van der Waals surface area contributed by atoms with Crippen molar-refractivity contribution in [2.45, 2.75) is 39.3 Å². The third kappa shape index (κ3) is 3.74. The van der Waals surface area contributed by atoms with Crippen molar-refractivity contribution < 1.29 is 9.32 Å². The van der Waals surface area contributed by atoms with Crippen LogP contribution in [-0.2, 0) is 6.54 Å². The first-order chi connectivity index (χ1) is 13.1. The number of hydrogen-bond donors (Lipinski definition) is 1. The molecule has 1 amide bonds. The Labute approximate surface area is 158 Å². The Morgan fingerprint density at radius 3 is 2.81 bits per heavy atom. The zero-order valence-corrected chi connectivity index (χ0v) is 16.0. The van der Waals surface area contributed by atoms with Gasteiger partial charge in [-0.1, -0.05) is 10.4 Å². The van der Waals surface area contributed by atoms with Crippen LogP contribution < -0.4 is 5.32 Å².